The fourth-order valence-corrected chi connectivity index (χ4v) is 3.97. The van der Waals surface area contributed by atoms with Crippen molar-refractivity contribution in [3.8, 4) is 0 Å². The highest BCUT2D eigenvalue weighted by Gasteiger charge is 2.28. The number of rotatable bonds is 8. The van der Waals surface area contributed by atoms with Crippen LogP contribution in [0.1, 0.15) is 56.1 Å². The molecule has 0 spiro atoms. The van der Waals surface area contributed by atoms with Crippen molar-refractivity contribution >= 4 is 47.1 Å². The molecule has 1 aliphatic heterocycles. The van der Waals surface area contributed by atoms with Gasteiger partial charge in [0.1, 0.15) is 6.04 Å². The van der Waals surface area contributed by atoms with Gasteiger partial charge >= 0.3 is 17.9 Å². The summed E-state index contributed by atoms with van der Waals surface area (Å²) in [4.78, 5) is 64.4. The van der Waals surface area contributed by atoms with Gasteiger partial charge in [0.15, 0.2) is 0 Å². The molecule has 1 aliphatic rings. The first-order valence-corrected chi connectivity index (χ1v) is 11.0. The Labute approximate surface area is 207 Å². The zero-order valence-corrected chi connectivity index (χ0v) is 20.6. The number of aromatic nitrogens is 1. The largest absolute Gasteiger partial charge is 0.469 e. The van der Waals surface area contributed by atoms with E-state index < -0.39 is 29.9 Å². The van der Waals surface area contributed by atoms with E-state index in [0.29, 0.717) is 39.3 Å². The minimum absolute atomic E-state index is 0.00396. The molecule has 3 N–H and O–H groups in total. The van der Waals surface area contributed by atoms with Gasteiger partial charge in [0.2, 0.25) is 0 Å². The topological polar surface area (TPSA) is 153 Å². The average molecular weight is 498 g/mol. The molecule has 190 valence electrons. The van der Waals surface area contributed by atoms with Crippen LogP contribution in [0.4, 0.5) is 5.69 Å². The van der Waals surface area contributed by atoms with Crippen LogP contribution in [0.5, 0.6) is 0 Å². The molecular formula is C25H27N3O8. The molecule has 0 saturated heterocycles. The molecule has 36 heavy (non-hydrogen) atoms. The molecule has 2 heterocycles. The third kappa shape index (κ3) is 5.29. The number of aryl methyl sites for hydroxylation is 1. The lowest BCUT2D eigenvalue weighted by Gasteiger charge is -2.16. The molecule has 0 aliphatic carbocycles. The average Bonchev–Trinajstić information content (AvgIpc) is 3.33. The number of methoxy groups -OCH3 is 3. The van der Waals surface area contributed by atoms with Crippen LogP contribution in [0.2, 0.25) is 0 Å². The second kappa shape index (κ2) is 10.9. The number of esters is 3. The summed E-state index contributed by atoms with van der Waals surface area (Å²) >= 11 is 0. The maximum Gasteiger partial charge on any atom is 0.337 e. The van der Waals surface area contributed by atoms with Crippen molar-refractivity contribution in [3.05, 3.63) is 51.8 Å². The maximum absolute atomic E-state index is 13.1. The third-order valence-corrected chi connectivity index (χ3v) is 5.87. The predicted molar refractivity (Wildman–Crippen MR) is 129 cm³/mol. The van der Waals surface area contributed by atoms with Gasteiger partial charge in [-0.15, -0.1) is 0 Å². The van der Waals surface area contributed by atoms with Crippen LogP contribution in [0.3, 0.4) is 0 Å². The van der Waals surface area contributed by atoms with Crippen LogP contribution < -0.4 is 10.6 Å². The minimum Gasteiger partial charge on any atom is -0.469 e. The molecule has 1 atom stereocenters. The van der Waals surface area contributed by atoms with Crippen molar-refractivity contribution in [2.75, 3.05) is 26.6 Å². The van der Waals surface area contributed by atoms with E-state index in [1.54, 1.807) is 38.1 Å². The molecule has 0 bridgehead atoms. The predicted octanol–water partition coefficient (Wildman–Crippen LogP) is 2.14. The Kier molecular flexibility index (Phi) is 7.93. The Hall–Kier alpha value is -4.41. The molecule has 11 nitrogen and oxygen atoms in total. The monoisotopic (exact) mass is 497 g/mol. The minimum atomic E-state index is -1.05. The van der Waals surface area contributed by atoms with E-state index in [0.717, 1.165) is 0 Å². The molecule has 2 aromatic rings. The number of benzene rings is 1. The number of anilines is 1. The fourth-order valence-electron chi connectivity index (χ4n) is 3.97. The summed E-state index contributed by atoms with van der Waals surface area (Å²) in [5.74, 6) is -2.66. The highest BCUT2D eigenvalue weighted by Crippen LogP contribution is 2.35. The number of ether oxygens (including phenoxy) is 3. The number of hydrogen-bond donors (Lipinski definition) is 3. The molecule has 0 fully saturated rings. The maximum atomic E-state index is 13.1. The normalized spacial score (nSPS) is 14.0. The molecule has 3 rings (SSSR count). The van der Waals surface area contributed by atoms with Crippen LogP contribution in [0.25, 0.3) is 11.6 Å². The lowest BCUT2D eigenvalue weighted by Crippen LogP contribution is -2.42. The smallest absolute Gasteiger partial charge is 0.337 e. The van der Waals surface area contributed by atoms with Crippen molar-refractivity contribution in [1.82, 2.24) is 10.3 Å². The summed E-state index contributed by atoms with van der Waals surface area (Å²) in [6.07, 6.45) is 1.52. The molecule has 2 amide bonds. The van der Waals surface area contributed by atoms with Gasteiger partial charge in [-0.05, 0) is 50.1 Å². The highest BCUT2D eigenvalue weighted by atomic mass is 16.5. The first-order chi connectivity index (χ1) is 17.1. The van der Waals surface area contributed by atoms with Gasteiger partial charge in [0, 0.05) is 29.1 Å². The molecule has 0 saturated carbocycles. The van der Waals surface area contributed by atoms with Gasteiger partial charge in [0.25, 0.3) is 11.8 Å². The zero-order valence-electron chi connectivity index (χ0n) is 20.6. The van der Waals surface area contributed by atoms with Crippen LogP contribution in [0, 0.1) is 13.8 Å². The number of fused-ring (bicyclic) bond motifs is 1. The Morgan fingerprint density at radius 3 is 2.42 bits per heavy atom. The number of H-pyrrole nitrogens is 1. The van der Waals surface area contributed by atoms with Crippen LogP contribution in [0.15, 0.2) is 18.2 Å². The number of amides is 2. The summed E-state index contributed by atoms with van der Waals surface area (Å²) in [6, 6.07) is 3.68. The van der Waals surface area contributed by atoms with Gasteiger partial charge in [-0.2, -0.15) is 0 Å². The highest BCUT2D eigenvalue weighted by molar-refractivity contribution is 6.35. The van der Waals surface area contributed by atoms with Gasteiger partial charge in [-0.25, -0.2) is 9.59 Å². The molecule has 1 aromatic carbocycles. The number of nitrogens with one attached hydrogen (secondary N) is 3. The fraction of sp³-hybridized carbons (Fsp3) is 0.320. The van der Waals surface area contributed by atoms with Crippen LogP contribution >= 0.6 is 0 Å². The van der Waals surface area contributed by atoms with Crippen molar-refractivity contribution in [3.63, 3.8) is 0 Å². The van der Waals surface area contributed by atoms with E-state index in [9.17, 15) is 24.0 Å². The molecule has 1 aromatic heterocycles. The van der Waals surface area contributed by atoms with E-state index >= 15 is 0 Å². The molecule has 11 heteroatoms. The lowest BCUT2D eigenvalue weighted by molar-refractivity contribution is -0.144. The molecule has 0 radical (unpaired) electrons. The van der Waals surface area contributed by atoms with E-state index in [1.807, 2.05) is 0 Å². The van der Waals surface area contributed by atoms with Crippen LogP contribution in [-0.2, 0) is 28.6 Å². The van der Waals surface area contributed by atoms with Gasteiger partial charge in [-0.3, -0.25) is 14.4 Å². The second-order valence-corrected chi connectivity index (χ2v) is 8.09. The first-order valence-electron chi connectivity index (χ1n) is 11.0. The van der Waals surface area contributed by atoms with E-state index in [-0.39, 0.29) is 24.3 Å². The summed E-state index contributed by atoms with van der Waals surface area (Å²) in [5, 5.41) is 5.36. The van der Waals surface area contributed by atoms with Crippen molar-refractivity contribution < 1.29 is 38.2 Å². The quantitative estimate of drug-likeness (QED) is 0.285. The summed E-state index contributed by atoms with van der Waals surface area (Å²) in [6.45, 7) is 3.38. The van der Waals surface area contributed by atoms with E-state index in [2.05, 4.69) is 20.4 Å². The third-order valence-electron chi connectivity index (χ3n) is 5.87. The Morgan fingerprint density at radius 2 is 1.78 bits per heavy atom. The lowest BCUT2D eigenvalue weighted by atomic mass is 10.0. The van der Waals surface area contributed by atoms with Gasteiger partial charge in [-0.1, -0.05) is 0 Å². The second-order valence-electron chi connectivity index (χ2n) is 8.09. The summed E-state index contributed by atoms with van der Waals surface area (Å²) in [7, 11) is 3.69. The summed E-state index contributed by atoms with van der Waals surface area (Å²) in [5.41, 5.74) is 3.50. The van der Waals surface area contributed by atoms with E-state index in [1.165, 1.54) is 21.3 Å². The Morgan fingerprint density at radius 1 is 1.06 bits per heavy atom. The van der Waals surface area contributed by atoms with Crippen molar-refractivity contribution in [1.29, 1.82) is 0 Å². The number of hydrogen-bond acceptors (Lipinski definition) is 8. The van der Waals surface area contributed by atoms with Gasteiger partial charge < -0.3 is 29.8 Å². The van der Waals surface area contributed by atoms with Crippen molar-refractivity contribution in [2.24, 2.45) is 0 Å². The Balaban J connectivity index is 1.92. The number of carbonyl (C=O) groups is 5. The molecular weight excluding hydrogens is 470 g/mol. The SMILES string of the molecule is COC(=O)CC[C@H](NC(=O)c1c(C)[nH]c(/C=C2\C(=O)Nc3ccc(C(=O)OC)cc32)c1C)C(=O)OC. The molecule has 0 unspecified atom stereocenters. The zero-order chi connectivity index (χ0) is 26.6. The number of carbonyl (C=O) groups excluding carboxylic acids is 5. The standard InChI is InChI=1S/C25H27N3O8/c1-12-19(11-16-15-10-14(24(32)35-4)6-7-17(15)27-22(16)30)26-13(2)21(12)23(31)28-18(25(33)36-5)8-9-20(29)34-3/h6-7,10-11,18,26H,8-9H2,1-5H3,(H,27,30)(H,28,31)/b16-11-/t18-/m0/s1. The number of aromatic amines is 1. The van der Waals surface area contributed by atoms with Gasteiger partial charge in [0.05, 0.1) is 38.0 Å². The Bertz CT molecular complexity index is 1270. The van der Waals surface area contributed by atoms with E-state index in [4.69, 9.17) is 9.47 Å². The first kappa shape index (κ1) is 26.2. The van der Waals surface area contributed by atoms with Crippen molar-refractivity contribution in [2.45, 2.75) is 32.7 Å². The summed E-state index contributed by atoms with van der Waals surface area (Å²) < 4.78 is 14.1. The van der Waals surface area contributed by atoms with Crippen LogP contribution in [-0.4, -0.2) is 62.1 Å².